The van der Waals surface area contributed by atoms with Gasteiger partial charge in [-0.25, -0.2) is 4.68 Å². The maximum absolute atomic E-state index is 12.9. The molecule has 0 radical (unpaired) electrons. The van der Waals surface area contributed by atoms with Crippen LogP contribution >= 0.6 is 0 Å². The van der Waals surface area contributed by atoms with E-state index in [-0.39, 0.29) is 17.9 Å². The SMILES string of the molecule is Cc1cccc(C(=O)N2CCC[C@H](n3cc(-c4nc(C(C)C)no4)nn3)C2)c1. The predicted octanol–water partition coefficient (Wildman–Crippen LogP) is 3.24. The highest BCUT2D eigenvalue weighted by Crippen LogP contribution is 2.24. The zero-order chi connectivity index (χ0) is 19.7. The van der Waals surface area contributed by atoms with E-state index in [1.165, 1.54) is 0 Å². The second-order valence-electron chi connectivity index (χ2n) is 7.61. The molecular weight excluding hydrogens is 356 g/mol. The van der Waals surface area contributed by atoms with E-state index in [9.17, 15) is 4.79 Å². The molecule has 4 rings (SSSR count). The van der Waals surface area contributed by atoms with E-state index in [1.807, 2.05) is 60.8 Å². The highest BCUT2D eigenvalue weighted by Gasteiger charge is 2.27. The largest absolute Gasteiger partial charge is 0.337 e. The third-order valence-corrected chi connectivity index (χ3v) is 5.01. The van der Waals surface area contributed by atoms with Crippen molar-refractivity contribution in [2.24, 2.45) is 0 Å². The highest BCUT2D eigenvalue weighted by atomic mass is 16.5. The van der Waals surface area contributed by atoms with E-state index in [0.717, 1.165) is 30.5 Å². The lowest BCUT2D eigenvalue weighted by atomic mass is 10.0. The Morgan fingerprint density at radius 2 is 2.18 bits per heavy atom. The smallest absolute Gasteiger partial charge is 0.280 e. The zero-order valence-electron chi connectivity index (χ0n) is 16.4. The normalized spacial score (nSPS) is 17.3. The van der Waals surface area contributed by atoms with Crippen molar-refractivity contribution in [3.05, 3.63) is 47.4 Å². The van der Waals surface area contributed by atoms with Gasteiger partial charge in [0.25, 0.3) is 11.8 Å². The van der Waals surface area contributed by atoms with Gasteiger partial charge in [-0.3, -0.25) is 4.79 Å². The molecular formula is C20H24N6O2. The molecule has 8 heteroatoms. The van der Waals surface area contributed by atoms with Gasteiger partial charge in [-0.2, -0.15) is 4.98 Å². The lowest BCUT2D eigenvalue weighted by molar-refractivity contribution is 0.0671. The van der Waals surface area contributed by atoms with Gasteiger partial charge in [0.15, 0.2) is 11.5 Å². The lowest BCUT2D eigenvalue weighted by Crippen LogP contribution is -2.40. The van der Waals surface area contributed by atoms with Crippen molar-refractivity contribution in [3.63, 3.8) is 0 Å². The quantitative estimate of drug-likeness (QED) is 0.690. The van der Waals surface area contributed by atoms with Crippen molar-refractivity contribution in [1.82, 2.24) is 30.0 Å². The topological polar surface area (TPSA) is 89.9 Å². The maximum Gasteiger partial charge on any atom is 0.280 e. The summed E-state index contributed by atoms with van der Waals surface area (Å²) in [5.41, 5.74) is 2.37. The molecule has 146 valence electrons. The molecule has 0 aliphatic carbocycles. The minimum atomic E-state index is 0.0622. The number of hydrogen-bond donors (Lipinski definition) is 0. The Morgan fingerprint density at radius 1 is 1.32 bits per heavy atom. The van der Waals surface area contributed by atoms with Crippen LogP contribution in [0.15, 0.2) is 35.0 Å². The van der Waals surface area contributed by atoms with E-state index >= 15 is 0 Å². The minimum absolute atomic E-state index is 0.0622. The number of hydrogen-bond acceptors (Lipinski definition) is 6. The fraction of sp³-hybridized carbons (Fsp3) is 0.450. The van der Waals surface area contributed by atoms with E-state index in [4.69, 9.17) is 4.52 Å². The zero-order valence-corrected chi connectivity index (χ0v) is 16.4. The Morgan fingerprint density at radius 3 is 2.93 bits per heavy atom. The average Bonchev–Trinajstić information content (AvgIpc) is 3.37. The third-order valence-electron chi connectivity index (χ3n) is 5.01. The first-order valence-corrected chi connectivity index (χ1v) is 9.63. The fourth-order valence-corrected chi connectivity index (χ4v) is 3.44. The van der Waals surface area contributed by atoms with Crippen LogP contribution in [0.3, 0.4) is 0 Å². The number of amides is 1. The van der Waals surface area contributed by atoms with Crippen molar-refractivity contribution in [3.8, 4) is 11.6 Å². The molecule has 0 unspecified atom stereocenters. The summed E-state index contributed by atoms with van der Waals surface area (Å²) >= 11 is 0. The summed E-state index contributed by atoms with van der Waals surface area (Å²) in [7, 11) is 0. The Balaban J connectivity index is 1.49. The monoisotopic (exact) mass is 380 g/mol. The number of piperidine rings is 1. The summed E-state index contributed by atoms with van der Waals surface area (Å²) in [6, 6.07) is 7.80. The molecule has 1 aromatic carbocycles. The van der Waals surface area contributed by atoms with Crippen LogP contribution in [-0.2, 0) is 0 Å². The first-order chi connectivity index (χ1) is 13.5. The fourth-order valence-electron chi connectivity index (χ4n) is 3.44. The second-order valence-corrected chi connectivity index (χ2v) is 7.61. The molecule has 0 spiro atoms. The van der Waals surface area contributed by atoms with Gasteiger partial charge in [-0.15, -0.1) is 5.10 Å². The summed E-state index contributed by atoms with van der Waals surface area (Å²) in [5, 5.41) is 12.4. The van der Waals surface area contributed by atoms with Crippen LogP contribution in [-0.4, -0.2) is 49.0 Å². The molecule has 8 nitrogen and oxygen atoms in total. The summed E-state index contributed by atoms with van der Waals surface area (Å²) in [4.78, 5) is 19.1. The van der Waals surface area contributed by atoms with Crippen molar-refractivity contribution in [1.29, 1.82) is 0 Å². The van der Waals surface area contributed by atoms with Crippen molar-refractivity contribution < 1.29 is 9.32 Å². The number of aromatic nitrogens is 5. The van der Waals surface area contributed by atoms with Crippen LogP contribution in [0.25, 0.3) is 11.6 Å². The minimum Gasteiger partial charge on any atom is -0.337 e. The van der Waals surface area contributed by atoms with Gasteiger partial charge in [0.2, 0.25) is 0 Å². The molecule has 1 aliphatic heterocycles. The average molecular weight is 380 g/mol. The van der Waals surface area contributed by atoms with E-state index in [2.05, 4.69) is 20.5 Å². The number of carbonyl (C=O) groups excluding carboxylic acids is 1. The number of nitrogens with zero attached hydrogens (tertiary/aromatic N) is 6. The standard InChI is InChI=1S/C20H24N6O2/c1-13(2)18-21-19(28-23-18)17-12-26(24-22-17)16-8-5-9-25(11-16)20(27)15-7-4-6-14(3)10-15/h4,6-7,10,12-13,16H,5,8-9,11H2,1-3H3/t16-/m0/s1. The van der Waals surface area contributed by atoms with E-state index < -0.39 is 0 Å². The molecule has 2 aromatic heterocycles. The van der Waals surface area contributed by atoms with Gasteiger partial charge >= 0.3 is 0 Å². The Labute approximate surface area is 163 Å². The van der Waals surface area contributed by atoms with Crippen LogP contribution in [0, 0.1) is 6.92 Å². The number of aryl methyl sites for hydroxylation is 1. The Hall–Kier alpha value is -3.03. The van der Waals surface area contributed by atoms with Crippen LogP contribution in [0.5, 0.6) is 0 Å². The number of rotatable bonds is 4. The van der Waals surface area contributed by atoms with Crippen molar-refractivity contribution in [2.75, 3.05) is 13.1 Å². The lowest BCUT2D eigenvalue weighted by Gasteiger charge is -2.32. The van der Waals surface area contributed by atoms with Gasteiger partial charge < -0.3 is 9.42 Å². The third kappa shape index (κ3) is 3.67. The van der Waals surface area contributed by atoms with E-state index in [0.29, 0.717) is 24.0 Å². The second kappa shape index (κ2) is 7.53. The number of carbonyl (C=O) groups is 1. The van der Waals surface area contributed by atoms with Crippen molar-refractivity contribution >= 4 is 5.91 Å². The van der Waals surface area contributed by atoms with Gasteiger partial charge in [0.05, 0.1) is 12.2 Å². The Bertz CT molecular complexity index is 976. The molecule has 1 atom stereocenters. The van der Waals surface area contributed by atoms with Crippen LogP contribution in [0.4, 0.5) is 0 Å². The van der Waals surface area contributed by atoms with Gasteiger partial charge in [-0.1, -0.05) is 41.9 Å². The molecule has 0 saturated carbocycles. The summed E-state index contributed by atoms with van der Waals surface area (Å²) < 4.78 is 7.11. The molecule has 3 heterocycles. The molecule has 1 amide bonds. The summed E-state index contributed by atoms with van der Waals surface area (Å²) in [6.07, 6.45) is 3.69. The predicted molar refractivity (Wildman–Crippen MR) is 103 cm³/mol. The van der Waals surface area contributed by atoms with Gasteiger partial charge in [0, 0.05) is 24.6 Å². The van der Waals surface area contributed by atoms with Gasteiger partial charge in [0.1, 0.15) is 0 Å². The van der Waals surface area contributed by atoms with Gasteiger partial charge in [-0.05, 0) is 31.9 Å². The first-order valence-electron chi connectivity index (χ1n) is 9.63. The first kappa shape index (κ1) is 18.3. The highest BCUT2D eigenvalue weighted by molar-refractivity contribution is 5.94. The number of benzene rings is 1. The maximum atomic E-state index is 12.9. The molecule has 28 heavy (non-hydrogen) atoms. The molecule has 0 bridgehead atoms. The summed E-state index contributed by atoms with van der Waals surface area (Å²) in [6.45, 7) is 7.37. The molecule has 1 fully saturated rings. The van der Waals surface area contributed by atoms with E-state index in [1.54, 1.807) is 0 Å². The van der Waals surface area contributed by atoms with Crippen LogP contribution in [0.2, 0.25) is 0 Å². The molecule has 1 aliphatic rings. The molecule has 3 aromatic rings. The number of likely N-dealkylation sites (tertiary alicyclic amines) is 1. The van der Waals surface area contributed by atoms with Crippen LogP contribution < -0.4 is 0 Å². The molecule has 1 saturated heterocycles. The van der Waals surface area contributed by atoms with Crippen LogP contribution in [0.1, 0.15) is 60.4 Å². The Kier molecular flexibility index (Phi) is 4.93. The summed E-state index contributed by atoms with van der Waals surface area (Å²) in [5.74, 6) is 1.27. The molecule has 0 N–H and O–H groups in total. The van der Waals surface area contributed by atoms with Crippen molar-refractivity contribution in [2.45, 2.75) is 45.6 Å².